The third kappa shape index (κ3) is 18.7. The van der Waals surface area contributed by atoms with Crippen LogP contribution in [0.5, 0.6) is 0 Å². The van der Waals surface area contributed by atoms with Crippen molar-refractivity contribution < 1.29 is 19.7 Å². The van der Waals surface area contributed by atoms with Crippen LogP contribution in [0.25, 0.3) is 0 Å². The van der Waals surface area contributed by atoms with Gasteiger partial charge in [0.05, 0.1) is 12.7 Å². The third-order valence-electron chi connectivity index (χ3n) is 1.07. The second kappa shape index (κ2) is 11.8. The van der Waals surface area contributed by atoms with Crippen molar-refractivity contribution in [2.45, 2.75) is 40.1 Å². The molecule has 0 aromatic heterocycles. The molecule has 0 rings (SSSR count). The molecule has 1 unspecified atom stereocenters. The number of ether oxygens (including phenoxy) is 2. The molecule has 0 spiro atoms. The number of aliphatic hydroxyl groups excluding tert-OH is 2. The van der Waals surface area contributed by atoms with Crippen LogP contribution in [0.1, 0.15) is 27.7 Å². The minimum Gasteiger partial charge on any atom is -0.394 e. The lowest BCUT2D eigenvalue weighted by atomic mass is 10.5. The van der Waals surface area contributed by atoms with E-state index in [0.717, 1.165) is 13.2 Å². The van der Waals surface area contributed by atoms with Crippen molar-refractivity contribution in [3.05, 3.63) is 0 Å². The lowest BCUT2D eigenvalue weighted by Gasteiger charge is -2.09. The van der Waals surface area contributed by atoms with Crippen LogP contribution in [0, 0.1) is 0 Å². The van der Waals surface area contributed by atoms with E-state index < -0.39 is 6.10 Å². The Labute approximate surface area is 80.5 Å². The molecule has 0 aromatic carbocycles. The Kier molecular flexibility index (Phi) is 14.0. The standard InChI is InChI=1S/C6H14O2.C3H8O2/c1-4-7-6(3)8-5-2;1-3(5)2-4/h6H,4-5H2,1-3H3;3-5H,2H2,1H3. The first-order valence-corrected chi connectivity index (χ1v) is 4.60. The maximum Gasteiger partial charge on any atom is 0.154 e. The molecule has 0 radical (unpaired) electrons. The van der Waals surface area contributed by atoms with Gasteiger partial charge in [0.2, 0.25) is 0 Å². The molecule has 0 saturated carbocycles. The molecule has 4 heteroatoms. The zero-order chi connectivity index (χ0) is 10.7. The number of hydrogen-bond donors (Lipinski definition) is 2. The minimum absolute atomic E-state index is 0.0370. The third-order valence-corrected chi connectivity index (χ3v) is 1.07. The van der Waals surface area contributed by atoms with Crippen molar-refractivity contribution in [3.63, 3.8) is 0 Å². The first-order valence-electron chi connectivity index (χ1n) is 4.60. The van der Waals surface area contributed by atoms with Crippen LogP contribution in [-0.4, -0.2) is 42.4 Å². The van der Waals surface area contributed by atoms with Gasteiger partial charge < -0.3 is 19.7 Å². The van der Waals surface area contributed by atoms with Gasteiger partial charge in [-0.05, 0) is 27.7 Å². The molecule has 0 heterocycles. The Balaban J connectivity index is 0. The van der Waals surface area contributed by atoms with Crippen molar-refractivity contribution in [3.8, 4) is 0 Å². The fourth-order valence-electron chi connectivity index (χ4n) is 0.518. The maximum absolute atomic E-state index is 8.11. The summed E-state index contributed by atoms with van der Waals surface area (Å²) >= 11 is 0. The lowest BCUT2D eigenvalue weighted by Crippen LogP contribution is -2.11. The molecule has 2 N–H and O–H groups in total. The van der Waals surface area contributed by atoms with E-state index in [-0.39, 0.29) is 12.9 Å². The van der Waals surface area contributed by atoms with E-state index in [1.165, 1.54) is 6.92 Å². The first-order chi connectivity index (χ1) is 6.08. The van der Waals surface area contributed by atoms with Gasteiger partial charge in [0.15, 0.2) is 6.29 Å². The van der Waals surface area contributed by atoms with E-state index in [9.17, 15) is 0 Å². The predicted octanol–water partition coefficient (Wildman–Crippen LogP) is 0.765. The van der Waals surface area contributed by atoms with Crippen LogP contribution in [-0.2, 0) is 9.47 Å². The summed E-state index contributed by atoms with van der Waals surface area (Å²) in [4.78, 5) is 0. The van der Waals surface area contributed by atoms with Crippen LogP contribution < -0.4 is 0 Å². The molecule has 1 atom stereocenters. The molecule has 0 aliphatic heterocycles. The molecule has 0 aliphatic rings. The summed E-state index contributed by atoms with van der Waals surface area (Å²) in [6.07, 6.45) is -0.597. The number of aliphatic hydroxyl groups is 2. The first kappa shape index (κ1) is 15.3. The second-order valence-electron chi connectivity index (χ2n) is 2.51. The fraction of sp³-hybridized carbons (Fsp3) is 1.00. The molecular weight excluding hydrogens is 172 g/mol. The average molecular weight is 194 g/mol. The summed E-state index contributed by atoms with van der Waals surface area (Å²) in [5.74, 6) is 0. The summed E-state index contributed by atoms with van der Waals surface area (Å²) in [6, 6.07) is 0. The molecule has 0 bridgehead atoms. The normalized spacial score (nSPS) is 12.2. The molecule has 0 amide bonds. The van der Waals surface area contributed by atoms with Crippen LogP contribution in [0.4, 0.5) is 0 Å². The van der Waals surface area contributed by atoms with E-state index in [4.69, 9.17) is 19.7 Å². The monoisotopic (exact) mass is 194 g/mol. The predicted molar refractivity (Wildman–Crippen MR) is 51.5 cm³/mol. The van der Waals surface area contributed by atoms with Crippen molar-refractivity contribution in [2.24, 2.45) is 0 Å². The zero-order valence-corrected chi connectivity index (χ0v) is 8.99. The molecule has 82 valence electrons. The van der Waals surface area contributed by atoms with Gasteiger partial charge in [-0.2, -0.15) is 0 Å². The number of hydrogen-bond acceptors (Lipinski definition) is 4. The molecular formula is C9H22O4. The Hall–Kier alpha value is -0.160. The molecule has 0 fully saturated rings. The Morgan fingerprint density at radius 1 is 1.08 bits per heavy atom. The van der Waals surface area contributed by atoms with Crippen LogP contribution in [0.3, 0.4) is 0 Å². The van der Waals surface area contributed by atoms with Gasteiger partial charge >= 0.3 is 0 Å². The summed E-state index contributed by atoms with van der Waals surface area (Å²) in [5.41, 5.74) is 0. The van der Waals surface area contributed by atoms with Crippen molar-refractivity contribution in [1.82, 2.24) is 0 Å². The topological polar surface area (TPSA) is 58.9 Å². The van der Waals surface area contributed by atoms with E-state index in [1.54, 1.807) is 0 Å². The van der Waals surface area contributed by atoms with Gasteiger partial charge in [-0.1, -0.05) is 0 Å². The lowest BCUT2D eigenvalue weighted by molar-refractivity contribution is -0.123. The van der Waals surface area contributed by atoms with E-state index in [0.29, 0.717) is 0 Å². The van der Waals surface area contributed by atoms with Crippen LogP contribution >= 0.6 is 0 Å². The highest BCUT2D eigenvalue weighted by Gasteiger charge is 1.94. The van der Waals surface area contributed by atoms with Gasteiger partial charge in [0.1, 0.15) is 0 Å². The van der Waals surface area contributed by atoms with Gasteiger partial charge in [-0.25, -0.2) is 0 Å². The molecule has 13 heavy (non-hydrogen) atoms. The smallest absolute Gasteiger partial charge is 0.154 e. The summed E-state index contributed by atoms with van der Waals surface area (Å²) in [5, 5.41) is 16.0. The quantitative estimate of drug-likeness (QED) is 0.634. The summed E-state index contributed by atoms with van der Waals surface area (Å²) in [6.45, 7) is 8.64. The van der Waals surface area contributed by atoms with Crippen LogP contribution in [0.2, 0.25) is 0 Å². The SMILES string of the molecule is CC(O)CO.CCOC(C)OCC. The van der Waals surface area contributed by atoms with Crippen molar-refractivity contribution in [1.29, 1.82) is 0 Å². The van der Waals surface area contributed by atoms with E-state index in [1.807, 2.05) is 20.8 Å². The Morgan fingerprint density at radius 3 is 1.54 bits per heavy atom. The summed E-state index contributed by atoms with van der Waals surface area (Å²) in [7, 11) is 0. The van der Waals surface area contributed by atoms with Gasteiger partial charge in [0, 0.05) is 13.2 Å². The molecule has 0 aromatic rings. The highest BCUT2D eigenvalue weighted by molar-refractivity contribution is 4.34. The van der Waals surface area contributed by atoms with Crippen molar-refractivity contribution >= 4 is 0 Å². The second-order valence-corrected chi connectivity index (χ2v) is 2.51. The molecule has 4 nitrogen and oxygen atoms in total. The number of rotatable bonds is 5. The maximum atomic E-state index is 8.11. The van der Waals surface area contributed by atoms with E-state index >= 15 is 0 Å². The molecule has 0 aliphatic carbocycles. The van der Waals surface area contributed by atoms with Crippen molar-refractivity contribution in [2.75, 3.05) is 19.8 Å². The van der Waals surface area contributed by atoms with E-state index in [2.05, 4.69) is 0 Å². The van der Waals surface area contributed by atoms with Gasteiger partial charge in [0.25, 0.3) is 0 Å². The minimum atomic E-state index is -0.560. The highest BCUT2D eigenvalue weighted by Crippen LogP contribution is 1.90. The van der Waals surface area contributed by atoms with Gasteiger partial charge in [-0.15, -0.1) is 0 Å². The van der Waals surface area contributed by atoms with Gasteiger partial charge in [-0.3, -0.25) is 0 Å². The Morgan fingerprint density at radius 2 is 1.38 bits per heavy atom. The fourth-order valence-corrected chi connectivity index (χ4v) is 0.518. The average Bonchev–Trinajstić information content (AvgIpc) is 2.06. The highest BCUT2D eigenvalue weighted by atomic mass is 16.7. The molecule has 0 saturated heterocycles. The largest absolute Gasteiger partial charge is 0.394 e. The Bertz CT molecular complexity index is 79.7. The summed E-state index contributed by atoms with van der Waals surface area (Å²) < 4.78 is 10.1. The zero-order valence-electron chi connectivity index (χ0n) is 8.99. The van der Waals surface area contributed by atoms with Crippen LogP contribution in [0.15, 0.2) is 0 Å².